The Morgan fingerprint density at radius 1 is 1.03 bits per heavy atom. The fraction of sp³-hybridized carbons (Fsp3) is 0.200. The number of methoxy groups -OCH3 is 2. The molecule has 0 amide bonds. The zero-order chi connectivity index (χ0) is 20.2. The van der Waals surface area contributed by atoms with Crippen LogP contribution in [0.4, 0.5) is 0 Å². The first-order chi connectivity index (χ1) is 14.2. The zero-order valence-corrected chi connectivity index (χ0v) is 15.7. The van der Waals surface area contributed by atoms with Crippen LogP contribution in [-0.2, 0) is 22.6 Å². The molecular weight excluding hydrogens is 378 g/mol. The molecule has 0 saturated heterocycles. The van der Waals surface area contributed by atoms with Crippen molar-refractivity contribution in [1.29, 1.82) is 0 Å². The molecule has 0 radical (unpaired) electrons. The molecule has 0 unspecified atom stereocenters. The van der Waals surface area contributed by atoms with Gasteiger partial charge in [-0.25, -0.2) is 0 Å². The highest BCUT2D eigenvalue weighted by atomic mass is 16.6. The standard InChI is InChI=1S/C20H17N3O6/c1-25-12-7-8-14(17(9-12)26-2)20-21-18(29-23-20)11-27-19(24)10-15-13-5-3-4-6-16(13)28-22-15/h3-9H,10-11H2,1-2H3. The van der Waals surface area contributed by atoms with E-state index in [-0.39, 0.29) is 18.9 Å². The van der Waals surface area contributed by atoms with Crippen LogP contribution in [0.15, 0.2) is 51.5 Å². The Labute approximate surface area is 165 Å². The van der Waals surface area contributed by atoms with Crippen LogP contribution in [-0.4, -0.2) is 35.5 Å². The van der Waals surface area contributed by atoms with Crippen molar-refractivity contribution >= 4 is 16.9 Å². The van der Waals surface area contributed by atoms with Crippen molar-refractivity contribution in [1.82, 2.24) is 15.3 Å². The predicted molar refractivity (Wildman–Crippen MR) is 100 cm³/mol. The lowest BCUT2D eigenvalue weighted by atomic mass is 10.2. The van der Waals surface area contributed by atoms with E-state index in [0.717, 1.165) is 5.39 Å². The fourth-order valence-electron chi connectivity index (χ4n) is 2.80. The second kappa shape index (κ2) is 8.01. The van der Waals surface area contributed by atoms with E-state index in [1.165, 1.54) is 7.11 Å². The molecule has 29 heavy (non-hydrogen) atoms. The van der Waals surface area contributed by atoms with Gasteiger partial charge in [-0.3, -0.25) is 4.79 Å². The number of fused-ring (bicyclic) bond motifs is 1. The van der Waals surface area contributed by atoms with Crippen LogP contribution in [0.1, 0.15) is 11.6 Å². The zero-order valence-electron chi connectivity index (χ0n) is 15.7. The van der Waals surface area contributed by atoms with E-state index in [1.54, 1.807) is 31.4 Å². The Kier molecular flexibility index (Phi) is 5.10. The molecule has 9 nitrogen and oxygen atoms in total. The number of aromatic nitrogens is 3. The van der Waals surface area contributed by atoms with Gasteiger partial charge in [-0.05, 0) is 24.3 Å². The van der Waals surface area contributed by atoms with Gasteiger partial charge in [0.2, 0.25) is 5.82 Å². The highest BCUT2D eigenvalue weighted by Gasteiger charge is 2.17. The molecule has 2 aromatic heterocycles. The molecule has 0 bridgehead atoms. The lowest BCUT2D eigenvalue weighted by Gasteiger charge is -2.07. The molecule has 0 aliphatic carbocycles. The molecule has 0 atom stereocenters. The first-order valence-corrected chi connectivity index (χ1v) is 8.72. The Morgan fingerprint density at radius 2 is 1.90 bits per heavy atom. The minimum Gasteiger partial charge on any atom is -0.497 e. The molecular formula is C20H17N3O6. The summed E-state index contributed by atoms with van der Waals surface area (Å²) in [6.07, 6.45) is -0.0235. The SMILES string of the molecule is COc1ccc(-c2noc(COC(=O)Cc3noc4ccccc34)n2)c(OC)c1. The van der Waals surface area contributed by atoms with Gasteiger partial charge in [0.25, 0.3) is 5.89 Å². The number of para-hydroxylation sites is 1. The van der Waals surface area contributed by atoms with Gasteiger partial charge >= 0.3 is 5.97 Å². The molecule has 0 aliphatic heterocycles. The lowest BCUT2D eigenvalue weighted by Crippen LogP contribution is -2.08. The highest BCUT2D eigenvalue weighted by Crippen LogP contribution is 2.31. The van der Waals surface area contributed by atoms with Gasteiger partial charge in [0.15, 0.2) is 12.2 Å². The Morgan fingerprint density at radius 3 is 2.72 bits per heavy atom. The first kappa shape index (κ1) is 18.5. The summed E-state index contributed by atoms with van der Waals surface area (Å²) in [6, 6.07) is 12.5. The van der Waals surface area contributed by atoms with Crippen LogP contribution in [0.25, 0.3) is 22.4 Å². The number of rotatable bonds is 7. The molecule has 0 N–H and O–H groups in total. The number of hydrogen-bond acceptors (Lipinski definition) is 9. The summed E-state index contributed by atoms with van der Waals surface area (Å²) in [6.45, 7) is -0.153. The maximum atomic E-state index is 12.1. The van der Waals surface area contributed by atoms with Gasteiger partial charge in [-0.15, -0.1) is 0 Å². The van der Waals surface area contributed by atoms with Crippen LogP contribution in [0.5, 0.6) is 11.5 Å². The number of esters is 1. The third-order valence-electron chi connectivity index (χ3n) is 4.24. The van der Waals surface area contributed by atoms with Gasteiger partial charge in [0.05, 0.1) is 26.2 Å². The maximum Gasteiger partial charge on any atom is 0.312 e. The molecule has 2 heterocycles. The van der Waals surface area contributed by atoms with Crippen LogP contribution in [0, 0.1) is 0 Å². The van der Waals surface area contributed by atoms with Crippen molar-refractivity contribution in [2.45, 2.75) is 13.0 Å². The number of hydrogen-bond donors (Lipinski definition) is 0. The molecule has 148 valence electrons. The van der Waals surface area contributed by atoms with Crippen molar-refractivity contribution in [3.63, 3.8) is 0 Å². The third-order valence-corrected chi connectivity index (χ3v) is 4.24. The normalized spacial score (nSPS) is 10.8. The number of carbonyl (C=O) groups excluding carboxylic acids is 1. The van der Waals surface area contributed by atoms with E-state index in [0.29, 0.717) is 34.2 Å². The average Bonchev–Trinajstić information content (AvgIpc) is 3.39. The number of nitrogens with zero attached hydrogens (tertiary/aromatic N) is 3. The molecule has 4 aromatic rings. The summed E-state index contributed by atoms with van der Waals surface area (Å²) in [4.78, 5) is 16.4. The van der Waals surface area contributed by atoms with Gasteiger partial charge in [-0.2, -0.15) is 4.98 Å². The quantitative estimate of drug-likeness (QED) is 0.436. The van der Waals surface area contributed by atoms with E-state index in [4.69, 9.17) is 23.3 Å². The summed E-state index contributed by atoms with van der Waals surface area (Å²) in [5.74, 6) is 1.18. The number of ether oxygens (including phenoxy) is 3. The second-order valence-corrected chi connectivity index (χ2v) is 6.04. The number of benzene rings is 2. The maximum absolute atomic E-state index is 12.1. The van der Waals surface area contributed by atoms with Crippen LogP contribution >= 0.6 is 0 Å². The minimum absolute atomic E-state index is 0.0235. The molecule has 2 aromatic carbocycles. The first-order valence-electron chi connectivity index (χ1n) is 8.72. The smallest absolute Gasteiger partial charge is 0.312 e. The van der Waals surface area contributed by atoms with Crippen molar-refractivity contribution in [3.8, 4) is 22.9 Å². The largest absolute Gasteiger partial charge is 0.497 e. The molecule has 0 spiro atoms. The van der Waals surface area contributed by atoms with E-state index in [2.05, 4.69) is 15.3 Å². The Bertz CT molecular complexity index is 1150. The van der Waals surface area contributed by atoms with Crippen molar-refractivity contribution in [3.05, 3.63) is 54.0 Å². The van der Waals surface area contributed by atoms with Gasteiger partial charge < -0.3 is 23.3 Å². The van der Waals surface area contributed by atoms with E-state index in [9.17, 15) is 4.79 Å². The monoisotopic (exact) mass is 395 g/mol. The average molecular weight is 395 g/mol. The predicted octanol–water partition coefficient (Wildman–Crippen LogP) is 3.18. The van der Waals surface area contributed by atoms with Crippen LogP contribution < -0.4 is 9.47 Å². The van der Waals surface area contributed by atoms with Crippen molar-refractivity contribution < 1.29 is 28.1 Å². The summed E-state index contributed by atoms with van der Waals surface area (Å²) < 4.78 is 26.1. The molecule has 0 aliphatic rings. The van der Waals surface area contributed by atoms with Gasteiger partial charge in [0, 0.05) is 11.5 Å². The molecule has 4 rings (SSSR count). The van der Waals surface area contributed by atoms with E-state index < -0.39 is 5.97 Å². The second-order valence-electron chi connectivity index (χ2n) is 6.04. The summed E-state index contributed by atoms with van der Waals surface area (Å²) in [5, 5.41) is 8.61. The van der Waals surface area contributed by atoms with E-state index >= 15 is 0 Å². The molecule has 0 saturated carbocycles. The topological polar surface area (TPSA) is 110 Å². The van der Waals surface area contributed by atoms with Crippen molar-refractivity contribution in [2.75, 3.05) is 14.2 Å². The summed E-state index contributed by atoms with van der Waals surface area (Å²) in [5.41, 5.74) is 1.76. The minimum atomic E-state index is -0.481. The Hall–Kier alpha value is -3.88. The third kappa shape index (κ3) is 3.88. The summed E-state index contributed by atoms with van der Waals surface area (Å²) in [7, 11) is 3.10. The Balaban J connectivity index is 1.41. The summed E-state index contributed by atoms with van der Waals surface area (Å²) >= 11 is 0. The van der Waals surface area contributed by atoms with Crippen molar-refractivity contribution in [2.24, 2.45) is 0 Å². The fourth-order valence-corrected chi connectivity index (χ4v) is 2.80. The van der Waals surface area contributed by atoms with Gasteiger partial charge in [-0.1, -0.05) is 22.4 Å². The van der Waals surface area contributed by atoms with Crippen LogP contribution in [0.3, 0.4) is 0 Å². The number of carbonyl (C=O) groups is 1. The van der Waals surface area contributed by atoms with Crippen LogP contribution in [0.2, 0.25) is 0 Å². The van der Waals surface area contributed by atoms with Gasteiger partial charge in [0.1, 0.15) is 17.2 Å². The lowest BCUT2D eigenvalue weighted by molar-refractivity contribution is -0.145. The highest BCUT2D eigenvalue weighted by molar-refractivity contribution is 5.84. The molecule has 9 heteroatoms. The van der Waals surface area contributed by atoms with E-state index in [1.807, 2.05) is 18.2 Å². The molecule has 0 fully saturated rings.